The van der Waals surface area contributed by atoms with Crippen LogP contribution in [0, 0.1) is 0 Å². The molecule has 3 rings (SSSR count). The molecule has 0 bridgehead atoms. The van der Waals surface area contributed by atoms with E-state index in [1.165, 1.54) is 37.8 Å². The minimum absolute atomic E-state index is 0.0484. The Balaban J connectivity index is 1.82. The summed E-state index contributed by atoms with van der Waals surface area (Å²) in [6.45, 7) is 2.25. The van der Waals surface area contributed by atoms with Crippen LogP contribution in [0.1, 0.15) is 43.7 Å². The van der Waals surface area contributed by atoms with Crippen LogP contribution in [0.25, 0.3) is 0 Å². The molecule has 2 heterocycles. The smallest absolute Gasteiger partial charge is 0.246 e. The number of hydrogen-bond acceptors (Lipinski definition) is 3. The van der Waals surface area contributed by atoms with E-state index in [0.29, 0.717) is 0 Å². The lowest BCUT2D eigenvalue weighted by Gasteiger charge is -2.27. The van der Waals surface area contributed by atoms with Crippen molar-refractivity contribution in [3.05, 3.63) is 23.8 Å². The zero-order valence-electron chi connectivity index (χ0n) is 12.1. The Bertz CT molecular complexity index is 492. The van der Waals surface area contributed by atoms with E-state index < -0.39 is 0 Å². The number of anilines is 2. The number of amides is 1. The van der Waals surface area contributed by atoms with Crippen molar-refractivity contribution in [1.82, 2.24) is 5.32 Å². The SMILES string of the molecule is CNC1C(=O)Nc2cc(N3CCCCCCC3)ccc21. The van der Waals surface area contributed by atoms with Crippen molar-refractivity contribution in [2.75, 3.05) is 30.4 Å². The second-order valence-electron chi connectivity index (χ2n) is 5.74. The zero-order chi connectivity index (χ0) is 13.9. The standard InChI is InChI=1S/C16H23N3O/c1-17-15-13-8-7-12(11-14(13)18-16(15)20)19-9-5-3-2-4-6-10-19/h7-8,11,15,17H,2-6,9-10H2,1H3,(H,18,20). The van der Waals surface area contributed by atoms with E-state index in [1.54, 1.807) is 0 Å². The molecule has 2 N–H and O–H groups in total. The van der Waals surface area contributed by atoms with E-state index >= 15 is 0 Å². The first-order valence-electron chi connectivity index (χ1n) is 7.66. The molecule has 1 atom stereocenters. The molecular weight excluding hydrogens is 250 g/mol. The molecule has 1 aromatic rings. The van der Waals surface area contributed by atoms with Crippen LogP contribution in [0.2, 0.25) is 0 Å². The summed E-state index contributed by atoms with van der Waals surface area (Å²) in [5, 5.41) is 6.04. The normalized spacial score (nSPS) is 22.9. The molecule has 1 unspecified atom stereocenters. The van der Waals surface area contributed by atoms with Crippen molar-refractivity contribution in [2.24, 2.45) is 0 Å². The third kappa shape index (κ3) is 2.52. The fourth-order valence-electron chi connectivity index (χ4n) is 3.24. The van der Waals surface area contributed by atoms with Crippen LogP contribution >= 0.6 is 0 Å². The molecule has 2 aliphatic rings. The quantitative estimate of drug-likeness (QED) is 0.870. The Morgan fingerprint density at radius 3 is 2.55 bits per heavy atom. The number of benzene rings is 1. The fourth-order valence-corrected chi connectivity index (χ4v) is 3.24. The highest BCUT2D eigenvalue weighted by Gasteiger charge is 2.29. The molecule has 1 fully saturated rings. The molecule has 2 aliphatic heterocycles. The van der Waals surface area contributed by atoms with Crippen molar-refractivity contribution in [3.8, 4) is 0 Å². The third-order valence-corrected chi connectivity index (χ3v) is 4.38. The van der Waals surface area contributed by atoms with Crippen LogP contribution in [0.3, 0.4) is 0 Å². The molecule has 0 aromatic heterocycles. The number of hydrogen-bond donors (Lipinski definition) is 2. The minimum Gasteiger partial charge on any atom is -0.371 e. The summed E-state index contributed by atoms with van der Waals surface area (Å²) >= 11 is 0. The molecule has 1 amide bonds. The van der Waals surface area contributed by atoms with Crippen LogP contribution in [0.5, 0.6) is 0 Å². The zero-order valence-corrected chi connectivity index (χ0v) is 12.1. The van der Waals surface area contributed by atoms with Gasteiger partial charge in [0, 0.05) is 30.0 Å². The lowest BCUT2D eigenvalue weighted by molar-refractivity contribution is -0.117. The minimum atomic E-state index is -0.202. The summed E-state index contributed by atoms with van der Waals surface area (Å²) in [4.78, 5) is 14.3. The number of likely N-dealkylation sites (N-methyl/N-ethyl adjacent to an activating group) is 1. The Labute approximate surface area is 120 Å². The van der Waals surface area contributed by atoms with Crippen molar-refractivity contribution in [3.63, 3.8) is 0 Å². The van der Waals surface area contributed by atoms with E-state index in [-0.39, 0.29) is 11.9 Å². The molecule has 0 spiro atoms. The molecule has 1 saturated heterocycles. The van der Waals surface area contributed by atoms with E-state index in [4.69, 9.17) is 0 Å². The Morgan fingerprint density at radius 2 is 1.85 bits per heavy atom. The van der Waals surface area contributed by atoms with Gasteiger partial charge < -0.3 is 15.5 Å². The summed E-state index contributed by atoms with van der Waals surface area (Å²) in [5.41, 5.74) is 3.27. The molecule has 4 nitrogen and oxygen atoms in total. The largest absolute Gasteiger partial charge is 0.371 e. The Kier molecular flexibility index (Phi) is 3.92. The van der Waals surface area contributed by atoms with E-state index in [1.807, 2.05) is 7.05 Å². The van der Waals surface area contributed by atoms with Gasteiger partial charge in [-0.1, -0.05) is 25.3 Å². The third-order valence-electron chi connectivity index (χ3n) is 4.38. The number of nitrogens with one attached hydrogen (secondary N) is 2. The maximum atomic E-state index is 11.9. The topological polar surface area (TPSA) is 44.4 Å². The number of fused-ring (bicyclic) bond motifs is 1. The second kappa shape index (κ2) is 5.83. The second-order valence-corrected chi connectivity index (χ2v) is 5.74. The fraction of sp³-hybridized carbons (Fsp3) is 0.562. The molecule has 20 heavy (non-hydrogen) atoms. The summed E-state index contributed by atoms with van der Waals surface area (Å²) in [5.74, 6) is 0.0484. The van der Waals surface area contributed by atoms with Crippen molar-refractivity contribution in [1.29, 1.82) is 0 Å². The van der Waals surface area contributed by atoms with Crippen LogP contribution < -0.4 is 15.5 Å². The average Bonchev–Trinajstić information content (AvgIpc) is 2.72. The first-order valence-corrected chi connectivity index (χ1v) is 7.66. The highest BCUT2D eigenvalue weighted by Crippen LogP contribution is 2.34. The average molecular weight is 273 g/mol. The van der Waals surface area contributed by atoms with Crippen LogP contribution in [-0.4, -0.2) is 26.0 Å². The monoisotopic (exact) mass is 273 g/mol. The van der Waals surface area contributed by atoms with Gasteiger partial charge in [-0.3, -0.25) is 4.79 Å². The lowest BCUT2D eigenvalue weighted by Crippen LogP contribution is -2.26. The Hall–Kier alpha value is -1.55. The predicted octanol–water partition coefficient (Wildman–Crippen LogP) is 2.67. The molecule has 1 aromatic carbocycles. The molecule has 108 valence electrons. The number of carbonyl (C=O) groups excluding carboxylic acids is 1. The summed E-state index contributed by atoms with van der Waals surface area (Å²) in [7, 11) is 1.82. The first kappa shape index (κ1) is 13.4. The molecule has 0 saturated carbocycles. The summed E-state index contributed by atoms with van der Waals surface area (Å²) in [6, 6.07) is 6.17. The van der Waals surface area contributed by atoms with Gasteiger partial charge in [-0.15, -0.1) is 0 Å². The van der Waals surface area contributed by atoms with Gasteiger partial charge in [-0.2, -0.15) is 0 Å². The molecular formula is C16H23N3O. The van der Waals surface area contributed by atoms with Gasteiger partial charge in [-0.05, 0) is 32.0 Å². The van der Waals surface area contributed by atoms with E-state index in [0.717, 1.165) is 24.3 Å². The van der Waals surface area contributed by atoms with Gasteiger partial charge >= 0.3 is 0 Å². The van der Waals surface area contributed by atoms with Gasteiger partial charge in [0.2, 0.25) is 5.91 Å². The van der Waals surface area contributed by atoms with Crippen molar-refractivity contribution in [2.45, 2.75) is 38.1 Å². The van der Waals surface area contributed by atoms with E-state index in [9.17, 15) is 4.79 Å². The number of rotatable bonds is 2. The van der Waals surface area contributed by atoms with E-state index in [2.05, 4.69) is 33.7 Å². The number of carbonyl (C=O) groups is 1. The highest BCUT2D eigenvalue weighted by molar-refractivity contribution is 6.03. The van der Waals surface area contributed by atoms with Crippen molar-refractivity contribution >= 4 is 17.3 Å². The van der Waals surface area contributed by atoms with Gasteiger partial charge in [-0.25, -0.2) is 0 Å². The first-order chi connectivity index (χ1) is 9.79. The van der Waals surface area contributed by atoms with Crippen LogP contribution in [0.15, 0.2) is 18.2 Å². The van der Waals surface area contributed by atoms with Gasteiger partial charge in [0.05, 0.1) is 0 Å². The van der Waals surface area contributed by atoms with Crippen LogP contribution in [0.4, 0.5) is 11.4 Å². The Morgan fingerprint density at radius 1 is 1.15 bits per heavy atom. The summed E-state index contributed by atoms with van der Waals surface area (Å²) < 4.78 is 0. The lowest BCUT2D eigenvalue weighted by atomic mass is 10.1. The predicted molar refractivity (Wildman–Crippen MR) is 82.2 cm³/mol. The molecule has 0 radical (unpaired) electrons. The van der Waals surface area contributed by atoms with Gasteiger partial charge in [0.25, 0.3) is 0 Å². The highest BCUT2D eigenvalue weighted by atomic mass is 16.2. The maximum absolute atomic E-state index is 11.9. The van der Waals surface area contributed by atoms with Crippen molar-refractivity contribution < 1.29 is 4.79 Å². The summed E-state index contributed by atoms with van der Waals surface area (Å²) in [6.07, 6.45) is 6.57. The molecule has 0 aliphatic carbocycles. The van der Waals surface area contributed by atoms with Gasteiger partial charge in [0.15, 0.2) is 0 Å². The van der Waals surface area contributed by atoms with Gasteiger partial charge in [0.1, 0.15) is 6.04 Å². The number of nitrogens with zero attached hydrogens (tertiary/aromatic N) is 1. The molecule has 4 heteroatoms. The maximum Gasteiger partial charge on any atom is 0.246 e. The van der Waals surface area contributed by atoms with Crippen LogP contribution in [-0.2, 0) is 4.79 Å².